The summed E-state index contributed by atoms with van der Waals surface area (Å²) in [4.78, 5) is 4.13. The quantitative estimate of drug-likeness (QED) is 0.932. The number of aliphatic hydroxyl groups is 1. The first-order chi connectivity index (χ1) is 8.56. The molecule has 0 aliphatic rings. The van der Waals surface area contributed by atoms with Gasteiger partial charge in [-0.2, -0.15) is 0 Å². The molecule has 0 saturated heterocycles. The van der Waals surface area contributed by atoms with Crippen molar-refractivity contribution in [2.45, 2.75) is 20.0 Å². The summed E-state index contributed by atoms with van der Waals surface area (Å²) in [5.41, 5.74) is 1.79. The van der Waals surface area contributed by atoms with Crippen molar-refractivity contribution in [3.05, 3.63) is 52.3 Å². The maximum absolute atomic E-state index is 9.37. The zero-order valence-electron chi connectivity index (χ0n) is 10.2. The van der Waals surface area contributed by atoms with Gasteiger partial charge in [-0.3, -0.25) is 4.98 Å². The number of aromatic nitrogens is 1. The Morgan fingerprint density at radius 3 is 2.61 bits per heavy atom. The highest BCUT2D eigenvalue weighted by molar-refractivity contribution is 9.10. The molecule has 1 heterocycles. The molecule has 0 saturated carbocycles. The van der Waals surface area contributed by atoms with Crippen molar-refractivity contribution in [1.82, 2.24) is 4.98 Å². The monoisotopic (exact) mass is 307 g/mol. The van der Waals surface area contributed by atoms with Gasteiger partial charge in [0.2, 0.25) is 0 Å². The molecule has 18 heavy (non-hydrogen) atoms. The minimum atomic E-state index is -0.565. The molecular weight excluding hydrogens is 294 g/mol. The largest absolute Gasteiger partial charge is 0.455 e. The molecule has 1 unspecified atom stereocenters. The minimum Gasteiger partial charge on any atom is -0.455 e. The molecule has 0 amide bonds. The normalized spacial score (nSPS) is 12.2. The molecule has 0 spiro atoms. The Bertz CT molecular complexity index is 538. The Balaban J connectivity index is 2.18. The van der Waals surface area contributed by atoms with E-state index in [4.69, 9.17) is 4.74 Å². The summed E-state index contributed by atoms with van der Waals surface area (Å²) in [6, 6.07) is 9.43. The Labute approximate surface area is 115 Å². The van der Waals surface area contributed by atoms with Gasteiger partial charge in [-0.05, 0) is 59.6 Å². The minimum absolute atomic E-state index is 0.565. The lowest BCUT2D eigenvalue weighted by molar-refractivity contribution is 0.194. The Hall–Kier alpha value is -1.39. The van der Waals surface area contributed by atoms with Gasteiger partial charge in [-0.1, -0.05) is 6.07 Å². The van der Waals surface area contributed by atoms with Crippen molar-refractivity contribution in [3.63, 3.8) is 0 Å². The van der Waals surface area contributed by atoms with E-state index in [2.05, 4.69) is 20.9 Å². The fourth-order valence-electron chi connectivity index (χ4n) is 1.51. The third-order valence-corrected chi connectivity index (χ3v) is 3.12. The van der Waals surface area contributed by atoms with Crippen LogP contribution in [0.4, 0.5) is 0 Å². The predicted molar refractivity (Wildman–Crippen MR) is 73.8 cm³/mol. The van der Waals surface area contributed by atoms with Gasteiger partial charge in [0.25, 0.3) is 0 Å². The topological polar surface area (TPSA) is 42.4 Å². The van der Waals surface area contributed by atoms with Gasteiger partial charge in [-0.15, -0.1) is 0 Å². The lowest BCUT2D eigenvalue weighted by atomic mass is 10.2. The van der Waals surface area contributed by atoms with Gasteiger partial charge in [-0.25, -0.2) is 0 Å². The van der Waals surface area contributed by atoms with E-state index in [1.54, 1.807) is 25.3 Å². The summed E-state index contributed by atoms with van der Waals surface area (Å²) in [6.45, 7) is 3.70. The fraction of sp³-hybridized carbons (Fsp3) is 0.214. The molecule has 0 aliphatic carbocycles. The maximum atomic E-state index is 9.37. The van der Waals surface area contributed by atoms with Gasteiger partial charge in [0.1, 0.15) is 11.5 Å². The van der Waals surface area contributed by atoms with Crippen LogP contribution >= 0.6 is 15.9 Å². The predicted octanol–water partition coefficient (Wildman–Crippen LogP) is 4.00. The van der Waals surface area contributed by atoms with E-state index in [0.29, 0.717) is 11.4 Å². The summed E-state index contributed by atoms with van der Waals surface area (Å²) >= 11 is 3.46. The fourth-order valence-corrected chi connectivity index (χ4v) is 2.09. The molecule has 2 rings (SSSR count). The van der Waals surface area contributed by atoms with Crippen LogP contribution in [0.3, 0.4) is 0 Å². The van der Waals surface area contributed by atoms with Crippen molar-refractivity contribution >= 4 is 15.9 Å². The van der Waals surface area contributed by atoms with E-state index in [-0.39, 0.29) is 0 Å². The molecular formula is C14H14BrNO2. The van der Waals surface area contributed by atoms with Gasteiger partial charge in [0.15, 0.2) is 0 Å². The maximum Gasteiger partial charge on any atom is 0.145 e. The number of ether oxygens (including phenoxy) is 1. The van der Waals surface area contributed by atoms with Gasteiger partial charge in [0.05, 0.1) is 22.5 Å². The number of rotatable bonds is 3. The van der Waals surface area contributed by atoms with Crippen LogP contribution in [0.15, 0.2) is 41.0 Å². The lowest BCUT2D eigenvalue weighted by Crippen LogP contribution is -1.95. The lowest BCUT2D eigenvalue weighted by Gasteiger charge is -2.09. The third-order valence-electron chi connectivity index (χ3n) is 2.50. The highest BCUT2D eigenvalue weighted by Gasteiger charge is 2.05. The van der Waals surface area contributed by atoms with Crippen LogP contribution in [0.2, 0.25) is 0 Å². The first kappa shape index (κ1) is 13.1. The second kappa shape index (κ2) is 5.50. The van der Waals surface area contributed by atoms with Crippen LogP contribution < -0.4 is 4.74 Å². The number of pyridine rings is 1. The van der Waals surface area contributed by atoms with E-state index in [9.17, 15) is 5.11 Å². The van der Waals surface area contributed by atoms with E-state index in [1.165, 1.54) is 0 Å². The van der Waals surface area contributed by atoms with Gasteiger partial charge < -0.3 is 9.84 Å². The highest BCUT2D eigenvalue weighted by Crippen LogP contribution is 2.30. The second-order valence-corrected chi connectivity index (χ2v) is 4.99. The van der Waals surface area contributed by atoms with Crippen LogP contribution in [-0.4, -0.2) is 10.1 Å². The van der Waals surface area contributed by atoms with Crippen LogP contribution in [0.1, 0.15) is 24.3 Å². The Morgan fingerprint density at radius 2 is 2.06 bits per heavy atom. The van der Waals surface area contributed by atoms with Crippen LogP contribution in [-0.2, 0) is 0 Å². The van der Waals surface area contributed by atoms with Crippen LogP contribution in [0.25, 0.3) is 0 Å². The number of hydrogen-bond donors (Lipinski definition) is 1. The van der Waals surface area contributed by atoms with E-state index in [0.717, 1.165) is 15.8 Å². The van der Waals surface area contributed by atoms with E-state index in [1.807, 2.05) is 25.1 Å². The number of hydrogen-bond acceptors (Lipinski definition) is 3. The van der Waals surface area contributed by atoms with E-state index < -0.39 is 6.10 Å². The number of benzene rings is 1. The zero-order chi connectivity index (χ0) is 13.1. The molecule has 0 bridgehead atoms. The average Bonchev–Trinajstić information content (AvgIpc) is 2.33. The molecule has 1 N–H and O–H groups in total. The molecule has 94 valence electrons. The van der Waals surface area contributed by atoms with Crippen molar-refractivity contribution < 1.29 is 9.84 Å². The average molecular weight is 308 g/mol. The first-order valence-electron chi connectivity index (χ1n) is 5.64. The van der Waals surface area contributed by atoms with Crippen LogP contribution in [0, 0.1) is 6.92 Å². The van der Waals surface area contributed by atoms with Crippen LogP contribution in [0.5, 0.6) is 11.5 Å². The molecule has 0 fully saturated rings. The molecule has 3 nitrogen and oxygen atoms in total. The number of aliphatic hydroxyl groups excluding tert-OH is 1. The summed E-state index contributed by atoms with van der Waals surface area (Å²) in [6.07, 6.45) is 1.04. The second-order valence-electron chi connectivity index (χ2n) is 4.13. The molecule has 1 aromatic carbocycles. The van der Waals surface area contributed by atoms with Crippen molar-refractivity contribution in [2.24, 2.45) is 0 Å². The molecule has 2 aromatic rings. The van der Waals surface area contributed by atoms with Crippen molar-refractivity contribution in [1.29, 1.82) is 0 Å². The van der Waals surface area contributed by atoms with Gasteiger partial charge >= 0.3 is 0 Å². The molecule has 0 aliphatic heterocycles. The third kappa shape index (κ3) is 3.09. The van der Waals surface area contributed by atoms with Gasteiger partial charge in [0, 0.05) is 0 Å². The standard InChI is InChI=1S/C14H14BrNO2/c1-9-3-6-14(12(15)7-9)18-11-4-5-13(10(2)17)16-8-11/h3-8,10,17H,1-2H3. The number of aryl methyl sites for hydroxylation is 1. The Kier molecular flexibility index (Phi) is 3.99. The smallest absolute Gasteiger partial charge is 0.145 e. The Morgan fingerprint density at radius 1 is 1.28 bits per heavy atom. The summed E-state index contributed by atoms with van der Waals surface area (Å²) in [5.74, 6) is 1.39. The number of halogens is 1. The molecule has 1 aromatic heterocycles. The van der Waals surface area contributed by atoms with Crippen molar-refractivity contribution in [3.8, 4) is 11.5 Å². The SMILES string of the molecule is Cc1ccc(Oc2ccc(C(C)O)nc2)c(Br)c1. The summed E-state index contributed by atoms with van der Waals surface area (Å²) in [5, 5.41) is 9.37. The highest BCUT2D eigenvalue weighted by atomic mass is 79.9. The first-order valence-corrected chi connectivity index (χ1v) is 6.43. The van der Waals surface area contributed by atoms with E-state index >= 15 is 0 Å². The molecule has 4 heteroatoms. The summed E-state index contributed by atoms with van der Waals surface area (Å²) < 4.78 is 6.61. The summed E-state index contributed by atoms with van der Waals surface area (Å²) in [7, 11) is 0. The van der Waals surface area contributed by atoms with Crippen molar-refractivity contribution in [2.75, 3.05) is 0 Å². The molecule has 1 atom stereocenters. The number of nitrogens with zero attached hydrogens (tertiary/aromatic N) is 1. The molecule has 0 radical (unpaired) electrons. The zero-order valence-corrected chi connectivity index (χ0v) is 11.8.